The van der Waals surface area contributed by atoms with Gasteiger partial charge in [0.15, 0.2) is 0 Å². The highest BCUT2D eigenvalue weighted by Crippen LogP contribution is 2.38. The number of rotatable bonds is 1. The Morgan fingerprint density at radius 2 is 2.17 bits per heavy atom. The predicted molar refractivity (Wildman–Crippen MR) is 76.0 cm³/mol. The van der Waals surface area contributed by atoms with Crippen LogP contribution in [0.5, 0.6) is 0 Å². The van der Waals surface area contributed by atoms with E-state index in [4.69, 9.17) is 11.6 Å². The molecule has 0 bridgehead atoms. The standard InChI is InChI=1S/C15H19ClN2/c1-11-6-7-13(16)9-14(11)18-8-4-5-12(10-17)15(18,2)3/h6-7,9,12H,4-5,8H2,1-3H3. The van der Waals surface area contributed by atoms with Gasteiger partial charge in [0.1, 0.15) is 0 Å². The zero-order valence-corrected chi connectivity index (χ0v) is 12.0. The van der Waals surface area contributed by atoms with E-state index in [1.54, 1.807) is 0 Å². The summed E-state index contributed by atoms with van der Waals surface area (Å²) in [5.74, 6) is 0.0737. The second-order valence-corrected chi connectivity index (χ2v) is 6.00. The van der Waals surface area contributed by atoms with Gasteiger partial charge in [-0.1, -0.05) is 17.7 Å². The lowest BCUT2D eigenvalue weighted by molar-refractivity contribution is 0.292. The van der Waals surface area contributed by atoms with E-state index in [0.29, 0.717) is 0 Å². The summed E-state index contributed by atoms with van der Waals surface area (Å²) in [7, 11) is 0. The number of nitriles is 1. The second-order valence-electron chi connectivity index (χ2n) is 5.56. The summed E-state index contributed by atoms with van der Waals surface area (Å²) in [6, 6.07) is 8.43. The molecule has 18 heavy (non-hydrogen) atoms. The van der Waals surface area contributed by atoms with Crippen LogP contribution in [0.4, 0.5) is 5.69 Å². The summed E-state index contributed by atoms with van der Waals surface area (Å²) in [4.78, 5) is 2.34. The van der Waals surface area contributed by atoms with Crippen LogP contribution in [0, 0.1) is 24.2 Å². The first-order valence-electron chi connectivity index (χ1n) is 6.40. The fourth-order valence-electron chi connectivity index (χ4n) is 2.81. The van der Waals surface area contributed by atoms with Crippen LogP contribution in [-0.4, -0.2) is 12.1 Å². The van der Waals surface area contributed by atoms with E-state index >= 15 is 0 Å². The molecule has 2 rings (SSSR count). The van der Waals surface area contributed by atoms with Crippen molar-refractivity contribution in [3.63, 3.8) is 0 Å². The quantitative estimate of drug-likeness (QED) is 0.760. The molecule has 0 radical (unpaired) electrons. The summed E-state index contributed by atoms with van der Waals surface area (Å²) in [6.07, 6.45) is 2.05. The van der Waals surface area contributed by atoms with E-state index < -0.39 is 0 Å². The fraction of sp³-hybridized carbons (Fsp3) is 0.533. The Bertz CT molecular complexity index is 488. The van der Waals surface area contributed by atoms with E-state index in [9.17, 15) is 5.26 Å². The van der Waals surface area contributed by atoms with E-state index in [1.165, 1.54) is 5.56 Å². The highest BCUT2D eigenvalue weighted by molar-refractivity contribution is 6.30. The van der Waals surface area contributed by atoms with Crippen molar-refractivity contribution in [2.45, 2.75) is 39.2 Å². The SMILES string of the molecule is Cc1ccc(Cl)cc1N1CCCC(C#N)C1(C)C. The van der Waals surface area contributed by atoms with Crippen molar-refractivity contribution < 1.29 is 0 Å². The van der Waals surface area contributed by atoms with Crippen LogP contribution in [0.3, 0.4) is 0 Å². The average Bonchev–Trinajstić information content (AvgIpc) is 2.32. The summed E-state index contributed by atoms with van der Waals surface area (Å²) >= 11 is 6.11. The van der Waals surface area contributed by atoms with Gasteiger partial charge in [0.2, 0.25) is 0 Å². The molecule has 1 atom stereocenters. The van der Waals surface area contributed by atoms with E-state index in [1.807, 2.05) is 18.2 Å². The first-order chi connectivity index (χ1) is 8.46. The van der Waals surface area contributed by atoms with Gasteiger partial charge in [-0.05, 0) is 51.3 Å². The second kappa shape index (κ2) is 4.82. The number of hydrogen-bond donors (Lipinski definition) is 0. The van der Waals surface area contributed by atoms with Gasteiger partial charge in [0.05, 0.1) is 17.5 Å². The molecule has 1 aromatic rings. The molecule has 2 nitrogen and oxygen atoms in total. The minimum atomic E-state index is -0.136. The molecule has 1 saturated heterocycles. The smallest absolute Gasteiger partial charge is 0.0690 e. The lowest BCUT2D eigenvalue weighted by Gasteiger charge is -2.47. The molecule has 1 aromatic carbocycles. The number of hydrogen-bond acceptors (Lipinski definition) is 2. The lowest BCUT2D eigenvalue weighted by atomic mass is 9.79. The zero-order chi connectivity index (χ0) is 13.3. The number of halogens is 1. The molecule has 1 aliphatic heterocycles. The molecule has 0 aromatic heterocycles. The maximum Gasteiger partial charge on any atom is 0.0690 e. The first kappa shape index (κ1) is 13.2. The largest absolute Gasteiger partial charge is 0.365 e. The normalized spacial score (nSPS) is 22.6. The van der Waals surface area contributed by atoms with Crippen molar-refractivity contribution in [1.29, 1.82) is 5.26 Å². The Hall–Kier alpha value is -1.20. The third-order valence-corrected chi connectivity index (χ3v) is 4.28. The first-order valence-corrected chi connectivity index (χ1v) is 6.78. The molecule has 3 heteroatoms. The maximum atomic E-state index is 9.31. The molecular weight excluding hydrogens is 244 g/mol. The Morgan fingerprint density at radius 1 is 1.44 bits per heavy atom. The maximum absolute atomic E-state index is 9.31. The molecule has 1 fully saturated rings. The van der Waals surface area contributed by atoms with Crippen LogP contribution in [0.2, 0.25) is 5.02 Å². The monoisotopic (exact) mass is 262 g/mol. The van der Waals surface area contributed by atoms with Gasteiger partial charge in [-0.3, -0.25) is 0 Å². The molecule has 96 valence electrons. The molecule has 0 saturated carbocycles. The van der Waals surface area contributed by atoms with Crippen molar-refractivity contribution in [3.8, 4) is 6.07 Å². The molecule has 1 unspecified atom stereocenters. The third-order valence-electron chi connectivity index (χ3n) is 4.04. The number of aryl methyl sites for hydroxylation is 1. The topological polar surface area (TPSA) is 27.0 Å². The van der Waals surface area contributed by atoms with Crippen LogP contribution in [0.1, 0.15) is 32.3 Å². The van der Waals surface area contributed by atoms with Crippen LogP contribution in [0.25, 0.3) is 0 Å². The highest BCUT2D eigenvalue weighted by atomic mass is 35.5. The van der Waals surface area contributed by atoms with E-state index in [2.05, 4.69) is 31.7 Å². The van der Waals surface area contributed by atoms with Crippen molar-refractivity contribution >= 4 is 17.3 Å². The molecule has 0 N–H and O–H groups in total. The number of nitrogens with zero attached hydrogens (tertiary/aromatic N) is 2. The third kappa shape index (κ3) is 2.20. The molecule has 1 aliphatic rings. The minimum absolute atomic E-state index is 0.0737. The van der Waals surface area contributed by atoms with Crippen molar-refractivity contribution in [2.24, 2.45) is 5.92 Å². The summed E-state index contributed by atoms with van der Waals surface area (Å²) < 4.78 is 0. The van der Waals surface area contributed by atoms with Gasteiger partial charge in [0, 0.05) is 17.3 Å². The van der Waals surface area contributed by atoms with Crippen LogP contribution in [-0.2, 0) is 0 Å². The Labute approximate surface area is 114 Å². The zero-order valence-electron chi connectivity index (χ0n) is 11.2. The van der Waals surface area contributed by atoms with Crippen molar-refractivity contribution in [1.82, 2.24) is 0 Å². The van der Waals surface area contributed by atoms with Crippen molar-refractivity contribution in [2.75, 3.05) is 11.4 Å². The van der Waals surface area contributed by atoms with Gasteiger partial charge in [-0.2, -0.15) is 5.26 Å². The molecule has 0 amide bonds. The Balaban J connectivity index is 2.43. The molecular formula is C15H19ClN2. The summed E-state index contributed by atoms with van der Waals surface area (Å²) in [6.45, 7) is 7.39. The molecule has 0 spiro atoms. The van der Waals surface area contributed by atoms with Gasteiger partial charge >= 0.3 is 0 Å². The van der Waals surface area contributed by atoms with Crippen LogP contribution >= 0.6 is 11.6 Å². The fourth-order valence-corrected chi connectivity index (χ4v) is 2.98. The lowest BCUT2D eigenvalue weighted by Crippen LogP contribution is -2.53. The van der Waals surface area contributed by atoms with Gasteiger partial charge in [-0.25, -0.2) is 0 Å². The highest BCUT2D eigenvalue weighted by Gasteiger charge is 2.39. The van der Waals surface area contributed by atoms with Crippen molar-refractivity contribution in [3.05, 3.63) is 28.8 Å². The number of piperidine rings is 1. The minimum Gasteiger partial charge on any atom is -0.365 e. The molecule has 0 aliphatic carbocycles. The number of anilines is 1. The van der Waals surface area contributed by atoms with Crippen LogP contribution < -0.4 is 4.90 Å². The molecule has 1 heterocycles. The van der Waals surface area contributed by atoms with Gasteiger partial charge < -0.3 is 4.90 Å². The van der Waals surface area contributed by atoms with E-state index in [0.717, 1.165) is 30.1 Å². The van der Waals surface area contributed by atoms with Gasteiger partial charge in [-0.15, -0.1) is 0 Å². The summed E-state index contributed by atoms with van der Waals surface area (Å²) in [5.41, 5.74) is 2.24. The predicted octanol–water partition coefficient (Wildman–Crippen LogP) is 4.17. The average molecular weight is 263 g/mol. The Kier molecular flexibility index (Phi) is 3.54. The Morgan fingerprint density at radius 3 is 2.83 bits per heavy atom. The summed E-state index contributed by atoms with van der Waals surface area (Å²) in [5, 5.41) is 10.1. The van der Waals surface area contributed by atoms with Gasteiger partial charge in [0.25, 0.3) is 0 Å². The van der Waals surface area contributed by atoms with Crippen LogP contribution in [0.15, 0.2) is 18.2 Å². The van der Waals surface area contributed by atoms with E-state index in [-0.39, 0.29) is 11.5 Å². The number of benzene rings is 1.